The zero-order valence-electron chi connectivity index (χ0n) is 20.4. The van der Waals surface area contributed by atoms with Crippen molar-refractivity contribution in [3.63, 3.8) is 0 Å². The number of pyridine rings is 1. The quantitative estimate of drug-likeness (QED) is 0.272. The second-order valence-corrected chi connectivity index (χ2v) is 9.22. The molecule has 0 saturated carbocycles. The molecule has 1 N–H and O–H groups in total. The Morgan fingerprint density at radius 1 is 0.865 bits per heavy atom. The zero-order valence-corrected chi connectivity index (χ0v) is 20.4. The van der Waals surface area contributed by atoms with Crippen LogP contribution in [0.15, 0.2) is 91.4 Å². The summed E-state index contributed by atoms with van der Waals surface area (Å²) in [5, 5.41) is 1.02. The van der Waals surface area contributed by atoms with Gasteiger partial charge >= 0.3 is 0 Å². The number of aromatic nitrogens is 3. The fourth-order valence-electron chi connectivity index (χ4n) is 5.02. The van der Waals surface area contributed by atoms with Crippen molar-refractivity contribution in [1.29, 1.82) is 0 Å². The number of H-pyrrole nitrogens is 1. The first kappa shape index (κ1) is 23.0. The fraction of sp³-hybridized carbons (Fsp3) is 0.194. The third-order valence-corrected chi connectivity index (χ3v) is 6.86. The summed E-state index contributed by atoms with van der Waals surface area (Å²) in [5.41, 5.74) is 4.58. The molecule has 0 unspecified atom stereocenters. The van der Waals surface area contributed by atoms with Gasteiger partial charge in [-0.3, -0.25) is 9.78 Å². The van der Waals surface area contributed by atoms with Crippen molar-refractivity contribution in [1.82, 2.24) is 15.0 Å². The van der Waals surface area contributed by atoms with Gasteiger partial charge in [0.05, 0.1) is 0 Å². The van der Waals surface area contributed by atoms with Crippen LogP contribution in [0.25, 0.3) is 10.9 Å². The molecule has 0 amide bonds. The number of carbonyl (C=O) groups excluding carboxylic acids is 1. The summed E-state index contributed by atoms with van der Waals surface area (Å²) in [7, 11) is 0. The van der Waals surface area contributed by atoms with E-state index < -0.39 is 0 Å². The second-order valence-electron chi connectivity index (χ2n) is 9.22. The Hall–Kier alpha value is -4.45. The number of fused-ring (bicyclic) bond motifs is 2. The molecule has 0 fully saturated rings. The number of hydrogen-bond acceptors (Lipinski definition) is 5. The van der Waals surface area contributed by atoms with E-state index in [2.05, 4.69) is 27.1 Å². The summed E-state index contributed by atoms with van der Waals surface area (Å²) in [6.07, 6.45) is 7.88. The first-order valence-electron chi connectivity index (χ1n) is 12.6. The zero-order chi connectivity index (χ0) is 25.0. The highest BCUT2D eigenvalue weighted by Crippen LogP contribution is 2.36. The van der Waals surface area contributed by atoms with Crippen LogP contribution >= 0.6 is 0 Å². The SMILES string of the molecule is O=C1CCCc2c1ccc(O[C@@H](Cc1ncc[nH]1)c1ccccc1)c2COc1cccc2cccnc12. The van der Waals surface area contributed by atoms with Crippen molar-refractivity contribution in [2.75, 3.05) is 0 Å². The molecule has 3 aromatic carbocycles. The molecule has 184 valence electrons. The predicted molar refractivity (Wildman–Crippen MR) is 142 cm³/mol. The van der Waals surface area contributed by atoms with Crippen molar-refractivity contribution in [3.05, 3.63) is 119 Å². The number of nitrogens with one attached hydrogen (secondary N) is 1. The average molecular weight is 490 g/mol. The third-order valence-electron chi connectivity index (χ3n) is 6.86. The molecule has 0 radical (unpaired) electrons. The average Bonchev–Trinajstić information content (AvgIpc) is 3.46. The van der Waals surface area contributed by atoms with Crippen molar-refractivity contribution in [3.8, 4) is 11.5 Å². The van der Waals surface area contributed by atoms with E-state index in [9.17, 15) is 4.79 Å². The summed E-state index contributed by atoms with van der Waals surface area (Å²) in [4.78, 5) is 24.9. The Morgan fingerprint density at radius 3 is 2.62 bits per heavy atom. The number of imidazole rings is 1. The van der Waals surface area contributed by atoms with E-state index in [1.54, 1.807) is 12.4 Å². The molecule has 37 heavy (non-hydrogen) atoms. The van der Waals surface area contributed by atoms with Gasteiger partial charge in [0.2, 0.25) is 0 Å². The standard InChI is InChI=1S/C31H27N3O3/c35-26-12-5-11-23-24(26)14-15-27(25(23)20-36-28-13-4-9-22-10-6-16-34-31(22)28)37-29(19-30-32-17-18-33-30)21-7-2-1-3-8-21/h1-4,6-10,13-18,29H,5,11-12,19-20H2,(H,32,33)/t29-/m0/s1. The van der Waals surface area contributed by atoms with Crippen molar-refractivity contribution >= 4 is 16.7 Å². The molecule has 1 atom stereocenters. The van der Waals surface area contributed by atoms with Gasteiger partial charge in [-0.1, -0.05) is 48.5 Å². The fourth-order valence-corrected chi connectivity index (χ4v) is 5.02. The molecule has 6 rings (SSSR count). The first-order valence-corrected chi connectivity index (χ1v) is 12.6. The Labute approximate surface area is 215 Å². The maximum Gasteiger partial charge on any atom is 0.163 e. The van der Waals surface area contributed by atoms with E-state index in [1.165, 1.54) is 0 Å². The molecule has 5 aromatic rings. The maximum absolute atomic E-state index is 12.7. The topological polar surface area (TPSA) is 77.1 Å². The van der Waals surface area contributed by atoms with E-state index in [0.717, 1.165) is 57.6 Å². The van der Waals surface area contributed by atoms with Crippen LogP contribution in [0.5, 0.6) is 11.5 Å². The molecule has 2 aromatic heterocycles. The summed E-state index contributed by atoms with van der Waals surface area (Å²) in [6, 6.07) is 23.8. The number of nitrogens with zero attached hydrogens (tertiary/aromatic N) is 2. The molecule has 0 spiro atoms. The molecular formula is C31H27N3O3. The largest absolute Gasteiger partial charge is 0.486 e. The minimum atomic E-state index is -0.261. The molecular weight excluding hydrogens is 462 g/mol. The van der Waals surface area contributed by atoms with Gasteiger partial charge in [0.25, 0.3) is 0 Å². The molecule has 6 nitrogen and oxygen atoms in total. The minimum absolute atomic E-state index is 0.177. The number of ether oxygens (including phenoxy) is 2. The molecule has 1 aliphatic carbocycles. The van der Waals surface area contributed by atoms with Gasteiger partial charge in [-0.05, 0) is 48.2 Å². The lowest BCUT2D eigenvalue weighted by Crippen LogP contribution is -2.18. The monoisotopic (exact) mass is 489 g/mol. The summed E-state index contributed by atoms with van der Waals surface area (Å²) in [5.74, 6) is 2.46. The Kier molecular flexibility index (Phi) is 6.38. The Balaban J connectivity index is 1.37. The molecule has 1 aliphatic rings. The van der Waals surface area contributed by atoms with Gasteiger partial charge in [-0.25, -0.2) is 4.98 Å². The van der Waals surface area contributed by atoms with Gasteiger partial charge in [0.15, 0.2) is 5.78 Å². The second kappa shape index (κ2) is 10.3. The number of carbonyl (C=O) groups is 1. The highest BCUT2D eigenvalue weighted by Gasteiger charge is 2.25. The van der Waals surface area contributed by atoms with E-state index >= 15 is 0 Å². The van der Waals surface area contributed by atoms with Crippen LogP contribution in [0.3, 0.4) is 0 Å². The molecule has 6 heteroatoms. The Bertz CT molecular complexity index is 1530. The van der Waals surface area contributed by atoms with E-state index in [0.29, 0.717) is 18.6 Å². The van der Waals surface area contributed by atoms with Gasteiger partial charge in [-0.15, -0.1) is 0 Å². The van der Waals surface area contributed by atoms with E-state index in [4.69, 9.17) is 9.47 Å². The van der Waals surface area contributed by atoms with Gasteiger partial charge in [0.1, 0.15) is 35.6 Å². The van der Waals surface area contributed by atoms with Crippen molar-refractivity contribution in [2.45, 2.75) is 38.4 Å². The lowest BCUT2D eigenvalue weighted by molar-refractivity contribution is 0.0971. The Morgan fingerprint density at radius 2 is 1.76 bits per heavy atom. The number of para-hydroxylation sites is 1. The summed E-state index contributed by atoms with van der Waals surface area (Å²) >= 11 is 0. The number of rotatable bonds is 8. The minimum Gasteiger partial charge on any atom is -0.486 e. The van der Waals surface area contributed by atoms with Gasteiger partial charge < -0.3 is 14.5 Å². The lowest BCUT2D eigenvalue weighted by atomic mass is 9.87. The highest BCUT2D eigenvalue weighted by atomic mass is 16.5. The van der Waals surface area contributed by atoms with Gasteiger partial charge in [0, 0.05) is 47.9 Å². The number of benzene rings is 3. The van der Waals surface area contributed by atoms with E-state index in [1.807, 2.05) is 66.9 Å². The van der Waals surface area contributed by atoms with Crippen LogP contribution in [0.2, 0.25) is 0 Å². The number of hydrogen-bond donors (Lipinski definition) is 1. The number of Topliss-reactive ketones (excluding diaryl/α,β-unsaturated/α-hetero) is 1. The van der Waals surface area contributed by atoms with Crippen LogP contribution in [0.4, 0.5) is 0 Å². The number of ketones is 1. The van der Waals surface area contributed by atoms with Crippen LogP contribution < -0.4 is 9.47 Å². The van der Waals surface area contributed by atoms with Crippen LogP contribution in [0.1, 0.15) is 51.8 Å². The van der Waals surface area contributed by atoms with Crippen molar-refractivity contribution in [2.24, 2.45) is 0 Å². The van der Waals surface area contributed by atoms with Crippen LogP contribution in [-0.2, 0) is 19.4 Å². The first-order chi connectivity index (χ1) is 18.3. The normalized spacial score (nSPS) is 13.8. The lowest BCUT2D eigenvalue weighted by Gasteiger charge is -2.25. The predicted octanol–water partition coefficient (Wildman–Crippen LogP) is 6.42. The van der Waals surface area contributed by atoms with Crippen LogP contribution in [-0.4, -0.2) is 20.7 Å². The molecule has 0 bridgehead atoms. The molecule has 2 heterocycles. The highest BCUT2D eigenvalue weighted by molar-refractivity contribution is 5.99. The molecule has 0 aliphatic heterocycles. The van der Waals surface area contributed by atoms with Gasteiger partial charge in [-0.2, -0.15) is 0 Å². The van der Waals surface area contributed by atoms with Crippen LogP contribution in [0, 0.1) is 0 Å². The number of aromatic amines is 1. The third kappa shape index (κ3) is 4.83. The van der Waals surface area contributed by atoms with Crippen molar-refractivity contribution < 1.29 is 14.3 Å². The molecule has 0 saturated heterocycles. The maximum atomic E-state index is 12.7. The smallest absolute Gasteiger partial charge is 0.163 e. The van der Waals surface area contributed by atoms with E-state index in [-0.39, 0.29) is 18.5 Å². The summed E-state index contributed by atoms with van der Waals surface area (Å²) < 4.78 is 13.1. The summed E-state index contributed by atoms with van der Waals surface area (Å²) in [6.45, 7) is 0.281.